The monoisotopic (exact) mass is 871 g/mol. The molecule has 4 atom stereocenters. The lowest BCUT2D eigenvalue weighted by molar-refractivity contribution is -0.870. The molecule has 1 aliphatic heterocycles. The molecule has 0 amide bonds. The molecule has 1 aliphatic rings. The fourth-order valence-electron chi connectivity index (χ4n) is 5.59. The van der Waals surface area contributed by atoms with E-state index in [1.807, 2.05) is 39.4 Å². The number of hydrogen-bond donors (Lipinski definition) is 1. The van der Waals surface area contributed by atoms with Gasteiger partial charge in [-0.3, -0.25) is 18.6 Å². The molecule has 1 rings (SSSR count). The van der Waals surface area contributed by atoms with E-state index in [4.69, 9.17) is 23.3 Å². The summed E-state index contributed by atoms with van der Waals surface area (Å²) in [4.78, 5) is 35.4. The van der Waals surface area contributed by atoms with Crippen molar-refractivity contribution < 1.29 is 46.8 Å². The number of allylic oxidation sites excluding steroid dienone is 17. The van der Waals surface area contributed by atoms with Crippen molar-refractivity contribution in [3.05, 3.63) is 109 Å². The molecule has 0 saturated carbocycles. The molecule has 0 aromatic rings. The van der Waals surface area contributed by atoms with E-state index >= 15 is 0 Å². The van der Waals surface area contributed by atoms with Crippen molar-refractivity contribution in [2.75, 3.05) is 47.5 Å². The number of rotatable bonds is 38. The van der Waals surface area contributed by atoms with E-state index in [1.165, 1.54) is 25.7 Å². The number of ether oxygens (including phenoxy) is 3. The van der Waals surface area contributed by atoms with Gasteiger partial charge in [-0.15, -0.1) is 0 Å². The van der Waals surface area contributed by atoms with Crippen molar-refractivity contribution in [2.24, 2.45) is 0 Å². The first-order valence-corrected chi connectivity index (χ1v) is 24.2. The van der Waals surface area contributed by atoms with Crippen molar-refractivity contribution in [3.63, 3.8) is 0 Å². The molecule has 11 heteroatoms. The number of phosphoric acid groups is 1. The molecule has 0 aromatic heterocycles. The van der Waals surface area contributed by atoms with Crippen LogP contribution in [0.3, 0.4) is 0 Å². The second kappa shape index (κ2) is 37.2. The standard InChI is InChI=1S/C50H80NO9P/c1-6-8-10-11-12-13-14-15-16-17-18-19-20-21-22-27-30-33-37-41-50(53)59-46(45-58-61(54,55)57-43-42-51(3,4)5)44-56-49(52)40-36-32-29-26-24-23-25-28-31-35-39-48-47(60-48)38-34-9-7-2/h8,10,12-13,15-16,18-19,21-23,25-26,29-31,33,35,46-48H,6-7,9,11,14,17,20,24,27-28,32,34,36-45H2,1-5H3/p+1/b10-8-,13-12-,16-15-,19-18-,22-21-,25-23-,29-26-,33-30-,35-31-/t46-,47?,48?/m1/s1. The highest BCUT2D eigenvalue weighted by atomic mass is 31.2. The van der Waals surface area contributed by atoms with Gasteiger partial charge in [-0.1, -0.05) is 142 Å². The van der Waals surface area contributed by atoms with Crippen LogP contribution in [0.1, 0.15) is 129 Å². The second-order valence-electron chi connectivity index (χ2n) is 16.1. The summed E-state index contributed by atoms with van der Waals surface area (Å²) >= 11 is 0. The quantitative estimate of drug-likeness (QED) is 0.0161. The molecule has 61 heavy (non-hydrogen) atoms. The minimum Gasteiger partial charge on any atom is -0.462 e. The summed E-state index contributed by atoms with van der Waals surface area (Å²) in [6, 6.07) is 0. The number of quaternary nitrogens is 1. The van der Waals surface area contributed by atoms with Gasteiger partial charge in [0.1, 0.15) is 19.8 Å². The van der Waals surface area contributed by atoms with E-state index in [-0.39, 0.29) is 26.1 Å². The van der Waals surface area contributed by atoms with Crippen LogP contribution < -0.4 is 0 Å². The summed E-state index contributed by atoms with van der Waals surface area (Å²) in [6.45, 7) is 4.09. The minimum atomic E-state index is -4.42. The maximum atomic E-state index is 12.7. The van der Waals surface area contributed by atoms with Gasteiger partial charge in [0.25, 0.3) is 0 Å². The van der Waals surface area contributed by atoms with Crippen LogP contribution in [0.4, 0.5) is 0 Å². The Morgan fingerprint density at radius 1 is 0.623 bits per heavy atom. The number of hydrogen-bond acceptors (Lipinski definition) is 8. The normalized spacial score (nSPS) is 17.9. The Kier molecular flexibility index (Phi) is 33.9. The molecule has 344 valence electrons. The van der Waals surface area contributed by atoms with Gasteiger partial charge in [0.2, 0.25) is 0 Å². The molecule has 0 spiro atoms. The van der Waals surface area contributed by atoms with Gasteiger partial charge < -0.3 is 23.6 Å². The van der Waals surface area contributed by atoms with E-state index in [1.54, 1.807) is 0 Å². The third kappa shape index (κ3) is 38.1. The van der Waals surface area contributed by atoms with E-state index in [2.05, 4.69) is 105 Å². The maximum Gasteiger partial charge on any atom is 0.472 e. The fraction of sp³-hybridized carbons (Fsp3) is 0.600. The van der Waals surface area contributed by atoms with Crippen LogP contribution in [0.5, 0.6) is 0 Å². The highest BCUT2D eigenvalue weighted by molar-refractivity contribution is 7.47. The smallest absolute Gasteiger partial charge is 0.462 e. The SMILES string of the molecule is CC/C=C\C/C=C\C/C=C\C/C=C\C/C=C\C/C=C\CCC(=O)O[C@H](COC(=O)CCC/C=C\C/C=C\C/C=C\CC1OC1CCCCC)COP(=O)(O)OCC[N+](C)(C)C. The first kappa shape index (κ1) is 55.6. The molecular formula is C50H81NO9P+. The Morgan fingerprint density at radius 2 is 1.15 bits per heavy atom. The molecule has 3 unspecified atom stereocenters. The Balaban J connectivity index is 2.37. The predicted molar refractivity (Wildman–Crippen MR) is 251 cm³/mol. The van der Waals surface area contributed by atoms with E-state index < -0.39 is 32.5 Å². The van der Waals surface area contributed by atoms with Crippen LogP contribution in [-0.2, 0) is 37.4 Å². The Hall–Kier alpha value is -3.37. The van der Waals surface area contributed by atoms with Crippen LogP contribution in [0.15, 0.2) is 109 Å². The van der Waals surface area contributed by atoms with E-state index in [9.17, 15) is 19.0 Å². The molecule has 1 fully saturated rings. The van der Waals surface area contributed by atoms with Gasteiger partial charge in [-0.25, -0.2) is 4.57 Å². The van der Waals surface area contributed by atoms with Crippen molar-refractivity contribution in [1.29, 1.82) is 0 Å². The maximum absolute atomic E-state index is 12.7. The summed E-state index contributed by atoms with van der Waals surface area (Å²) in [5.74, 6) is -0.980. The van der Waals surface area contributed by atoms with Crippen LogP contribution in [0, 0.1) is 0 Å². The average Bonchev–Trinajstić information content (AvgIpc) is 3.97. The molecule has 0 bridgehead atoms. The molecule has 1 N–H and O–H groups in total. The minimum absolute atomic E-state index is 0.000956. The third-order valence-corrected chi connectivity index (χ3v) is 10.2. The highest BCUT2D eigenvalue weighted by Gasteiger charge is 2.36. The number of unbranched alkanes of at least 4 members (excludes halogenated alkanes) is 3. The second-order valence-corrected chi connectivity index (χ2v) is 17.5. The van der Waals surface area contributed by atoms with Crippen LogP contribution in [-0.4, -0.2) is 87.1 Å². The average molecular weight is 871 g/mol. The Bertz CT molecular complexity index is 1470. The van der Waals surface area contributed by atoms with Crippen LogP contribution in [0.2, 0.25) is 0 Å². The summed E-state index contributed by atoms with van der Waals surface area (Å²) in [5.41, 5.74) is 0. The zero-order valence-electron chi connectivity index (χ0n) is 38.3. The number of carbonyl (C=O) groups is 2. The number of epoxide rings is 1. The Labute approximate surface area is 370 Å². The van der Waals surface area contributed by atoms with Gasteiger partial charge in [-0.2, -0.15) is 0 Å². The zero-order chi connectivity index (χ0) is 44.7. The van der Waals surface area contributed by atoms with Crippen molar-refractivity contribution in [3.8, 4) is 0 Å². The number of likely N-dealkylation sites (N-methyl/N-ethyl adjacent to an activating group) is 1. The van der Waals surface area contributed by atoms with Crippen LogP contribution in [0.25, 0.3) is 0 Å². The van der Waals surface area contributed by atoms with E-state index in [0.717, 1.165) is 64.2 Å². The zero-order valence-corrected chi connectivity index (χ0v) is 39.2. The first-order chi connectivity index (χ1) is 29.5. The molecule has 1 saturated heterocycles. The predicted octanol–water partition coefficient (Wildman–Crippen LogP) is 12.1. The summed E-state index contributed by atoms with van der Waals surface area (Å²) in [7, 11) is 1.37. The lowest BCUT2D eigenvalue weighted by atomic mass is 10.1. The van der Waals surface area contributed by atoms with Crippen molar-refractivity contribution >= 4 is 19.8 Å². The number of esters is 2. The van der Waals surface area contributed by atoms with Gasteiger partial charge >= 0.3 is 19.8 Å². The van der Waals surface area contributed by atoms with Crippen molar-refractivity contribution in [1.82, 2.24) is 0 Å². The topological polar surface area (TPSA) is 121 Å². The lowest BCUT2D eigenvalue weighted by Crippen LogP contribution is -2.37. The molecule has 0 radical (unpaired) electrons. The van der Waals surface area contributed by atoms with Gasteiger partial charge in [-0.05, 0) is 83.5 Å². The lowest BCUT2D eigenvalue weighted by Gasteiger charge is -2.24. The first-order valence-electron chi connectivity index (χ1n) is 22.7. The number of nitrogens with zero attached hydrogens (tertiary/aromatic N) is 1. The summed E-state index contributed by atoms with van der Waals surface area (Å²) in [6.07, 6.45) is 53.4. The molecule has 0 aromatic carbocycles. The summed E-state index contributed by atoms with van der Waals surface area (Å²) in [5, 5.41) is 0. The molecular weight excluding hydrogens is 790 g/mol. The van der Waals surface area contributed by atoms with Gasteiger partial charge in [0.15, 0.2) is 6.10 Å². The van der Waals surface area contributed by atoms with Gasteiger partial charge in [0, 0.05) is 12.8 Å². The Morgan fingerprint density at radius 3 is 1.69 bits per heavy atom. The molecule has 10 nitrogen and oxygen atoms in total. The van der Waals surface area contributed by atoms with Gasteiger partial charge in [0.05, 0.1) is 40.0 Å². The largest absolute Gasteiger partial charge is 0.472 e. The van der Waals surface area contributed by atoms with Crippen LogP contribution >= 0.6 is 7.82 Å². The fourth-order valence-corrected chi connectivity index (χ4v) is 6.34. The number of carbonyl (C=O) groups excluding carboxylic acids is 2. The van der Waals surface area contributed by atoms with E-state index in [0.29, 0.717) is 36.1 Å². The highest BCUT2D eigenvalue weighted by Crippen LogP contribution is 2.43. The molecule has 1 heterocycles. The number of phosphoric ester groups is 1. The summed E-state index contributed by atoms with van der Waals surface area (Å²) < 4.78 is 39.9. The van der Waals surface area contributed by atoms with Crippen molar-refractivity contribution in [2.45, 2.75) is 148 Å². The molecule has 0 aliphatic carbocycles. The third-order valence-electron chi connectivity index (χ3n) is 9.22.